The highest BCUT2D eigenvalue weighted by Crippen LogP contribution is 2.43. The highest BCUT2D eigenvalue weighted by molar-refractivity contribution is 5.71. The molecule has 220 valence electrons. The number of hydrogen-bond acceptors (Lipinski definition) is 11. The molecule has 41 heavy (non-hydrogen) atoms. The van der Waals surface area contributed by atoms with Gasteiger partial charge in [-0.15, -0.1) is 0 Å². The average molecular weight is 569 g/mol. The van der Waals surface area contributed by atoms with Crippen molar-refractivity contribution in [3.63, 3.8) is 0 Å². The Morgan fingerprint density at radius 1 is 0.902 bits per heavy atom. The Morgan fingerprint density at radius 2 is 1.54 bits per heavy atom. The van der Waals surface area contributed by atoms with Crippen LogP contribution in [0.2, 0.25) is 0 Å². The monoisotopic (exact) mass is 568 g/mol. The van der Waals surface area contributed by atoms with Crippen LogP contribution in [0.3, 0.4) is 0 Å². The molecule has 2 aromatic carbocycles. The van der Waals surface area contributed by atoms with Crippen molar-refractivity contribution in [2.75, 3.05) is 66.6 Å². The molecule has 4 rings (SSSR count). The van der Waals surface area contributed by atoms with E-state index in [2.05, 4.69) is 9.80 Å². The topological polar surface area (TPSA) is 120 Å². The van der Waals surface area contributed by atoms with Crippen molar-refractivity contribution in [1.82, 2.24) is 4.90 Å². The van der Waals surface area contributed by atoms with Crippen molar-refractivity contribution in [2.45, 2.75) is 18.9 Å². The number of aromatic hydroxyl groups is 1. The smallest absolute Gasteiger partial charge is 0.306 e. The number of methoxy groups -OCH3 is 5. The molecule has 11 nitrogen and oxygen atoms in total. The summed E-state index contributed by atoms with van der Waals surface area (Å²) in [5.74, 6) is 0.231. The van der Waals surface area contributed by atoms with E-state index < -0.39 is 23.1 Å². The number of rotatable bonds is 11. The summed E-state index contributed by atoms with van der Waals surface area (Å²) in [4.78, 5) is 29.8. The van der Waals surface area contributed by atoms with Gasteiger partial charge in [0.1, 0.15) is 11.5 Å². The summed E-state index contributed by atoms with van der Waals surface area (Å²) < 4.78 is 32.7. The van der Waals surface area contributed by atoms with Crippen LogP contribution in [0.15, 0.2) is 51.7 Å². The summed E-state index contributed by atoms with van der Waals surface area (Å²) >= 11 is 0. The van der Waals surface area contributed by atoms with Crippen LogP contribution < -0.4 is 29.3 Å². The largest absolute Gasteiger partial charge is 0.502 e. The molecule has 1 saturated heterocycles. The first-order valence-electron chi connectivity index (χ1n) is 13.2. The second-order valence-corrected chi connectivity index (χ2v) is 9.54. The molecular formula is C30H36N2O9. The van der Waals surface area contributed by atoms with Crippen LogP contribution in [0.4, 0.5) is 5.69 Å². The minimum absolute atomic E-state index is 0.0379. The van der Waals surface area contributed by atoms with Crippen LogP contribution in [0, 0.1) is 0 Å². The zero-order chi connectivity index (χ0) is 29.5. The number of esters is 1. The number of hydrogen-bond donors (Lipinski definition) is 1. The third kappa shape index (κ3) is 6.68. The highest BCUT2D eigenvalue weighted by atomic mass is 16.5. The lowest BCUT2D eigenvalue weighted by Gasteiger charge is -2.36. The van der Waals surface area contributed by atoms with Gasteiger partial charge in [0.2, 0.25) is 16.9 Å². The summed E-state index contributed by atoms with van der Waals surface area (Å²) in [7, 11) is 7.35. The molecule has 1 aliphatic rings. The maximum Gasteiger partial charge on any atom is 0.306 e. The lowest BCUT2D eigenvalue weighted by Crippen LogP contribution is -2.46. The molecule has 0 unspecified atom stereocenters. The first kappa shape index (κ1) is 29.6. The summed E-state index contributed by atoms with van der Waals surface area (Å²) in [6.45, 7) is 3.42. The molecule has 0 aliphatic carbocycles. The quantitative estimate of drug-likeness (QED) is 0.343. The van der Waals surface area contributed by atoms with Crippen LogP contribution in [0.1, 0.15) is 29.4 Å². The second-order valence-electron chi connectivity index (χ2n) is 9.54. The van der Waals surface area contributed by atoms with E-state index >= 15 is 0 Å². The molecule has 0 bridgehead atoms. The summed E-state index contributed by atoms with van der Waals surface area (Å²) in [5, 5.41) is 10.8. The third-order valence-corrected chi connectivity index (χ3v) is 7.19. The number of carbonyl (C=O) groups is 1. The van der Waals surface area contributed by atoms with E-state index in [0.717, 1.165) is 37.6 Å². The number of ether oxygens (including phenoxy) is 5. The normalized spacial score (nSPS) is 14.3. The molecular weight excluding hydrogens is 532 g/mol. The zero-order valence-corrected chi connectivity index (χ0v) is 24.0. The lowest BCUT2D eigenvalue weighted by molar-refractivity contribution is -0.140. The van der Waals surface area contributed by atoms with E-state index in [9.17, 15) is 14.7 Å². The minimum atomic E-state index is -0.865. The number of benzene rings is 2. The summed E-state index contributed by atoms with van der Waals surface area (Å²) in [6.07, 6.45) is -0.199. The lowest BCUT2D eigenvalue weighted by atomic mass is 9.91. The van der Waals surface area contributed by atoms with Crippen LogP contribution in [-0.4, -0.2) is 77.7 Å². The predicted octanol–water partition coefficient (Wildman–Crippen LogP) is 3.40. The van der Waals surface area contributed by atoms with Gasteiger partial charge in [-0.2, -0.15) is 0 Å². The molecule has 0 spiro atoms. The van der Waals surface area contributed by atoms with Gasteiger partial charge in [0.15, 0.2) is 17.3 Å². The number of carbonyl (C=O) groups excluding carboxylic acids is 1. The summed E-state index contributed by atoms with van der Waals surface area (Å²) in [6, 6.07) is 12.5. The van der Waals surface area contributed by atoms with E-state index in [4.69, 9.17) is 28.1 Å². The van der Waals surface area contributed by atoms with Gasteiger partial charge in [0.05, 0.1) is 54.4 Å². The molecule has 11 heteroatoms. The average Bonchev–Trinajstić information content (AvgIpc) is 3.01. The molecule has 1 aliphatic heterocycles. The van der Waals surface area contributed by atoms with Gasteiger partial charge in [-0.3, -0.25) is 14.5 Å². The molecule has 0 amide bonds. The SMILES string of the molecule is COC(=O)C[C@@H](c1cc(OC)c(OC)c(OC)c1)c1oc(CN2CCN(c3ccc(OC)cc3)CC2)cc(=O)c1O. The second kappa shape index (κ2) is 13.3. The molecule has 0 saturated carbocycles. The van der Waals surface area contributed by atoms with Gasteiger partial charge in [-0.05, 0) is 42.0 Å². The maximum atomic E-state index is 12.9. The standard InChI is InChI=1S/C30H36N2O9/c1-36-21-8-6-20(7-9-21)32-12-10-31(11-13-32)18-22-16-24(33)28(35)29(41-22)23(17-27(34)39-4)19-14-25(37-2)30(40-5)26(15-19)38-3/h6-9,14-16,23,35H,10-13,17-18H2,1-5H3/t23-/m0/s1. The van der Waals surface area contributed by atoms with Crippen molar-refractivity contribution in [3.8, 4) is 28.7 Å². The van der Waals surface area contributed by atoms with E-state index in [1.165, 1.54) is 34.5 Å². The van der Waals surface area contributed by atoms with E-state index in [1.807, 2.05) is 24.3 Å². The van der Waals surface area contributed by atoms with Crippen LogP contribution in [-0.2, 0) is 16.1 Å². The number of nitrogens with zero attached hydrogens (tertiary/aromatic N) is 2. The minimum Gasteiger partial charge on any atom is -0.502 e. The maximum absolute atomic E-state index is 12.9. The number of anilines is 1. The Morgan fingerprint density at radius 3 is 2.07 bits per heavy atom. The van der Waals surface area contributed by atoms with E-state index in [0.29, 0.717) is 35.1 Å². The molecule has 1 aromatic heterocycles. The Balaban J connectivity index is 1.61. The predicted molar refractivity (Wildman–Crippen MR) is 152 cm³/mol. The molecule has 1 fully saturated rings. The van der Waals surface area contributed by atoms with Gasteiger partial charge in [0, 0.05) is 37.9 Å². The van der Waals surface area contributed by atoms with Crippen molar-refractivity contribution in [2.24, 2.45) is 0 Å². The molecule has 1 N–H and O–H groups in total. The fourth-order valence-electron chi connectivity index (χ4n) is 4.96. The van der Waals surface area contributed by atoms with Crippen LogP contribution in [0.25, 0.3) is 0 Å². The molecule has 0 radical (unpaired) electrons. The Kier molecular flexibility index (Phi) is 9.61. The van der Waals surface area contributed by atoms with E-state index in [1.54, 1.807) is 19.2 Å². The van der Waals surface area contributed by atoms with Gasteiger partial charge < -0.3 is 38.1 Å². The Hall–Kier alpha value is -4.38. The zero-order valence-electron chi connectivity index (χ0n) is 24.0. The van der Waals surface area contributed by atoms with Gasteiger partial charge >= 0.3 is 5.97 Å². The van der Waals surface area contributed by atoms with Crippen molar-refractivity contribution in [3.05, 3.63) is 69.8 Å². The van der Waals surface area contributed by atoms with E-state index in [-0.39, 0.29) is 12.2 Å². The van der Waals surface area contributed by atoms with Gasteiger partial charge in [-0.25, -0.2) is 0 Å². The molecule has 1 atom stereocenters. The third-order valence-electron chi connectivity index (χ3n) is 7.19. The Bertz CT molecular complexity index is 1370. The van der Waals surface area contributed by atoms with Gasteiger partial charge in [-0.1, -0.05) is 0 Å². The number of piperazine rings is 1. The highest BCUT2D eigenvalue weighted by Gasteiger charge is 2.29. The first-order valence-corrected chi connectivity index (χ1v) is 13.2. The fraction of sp³-hybridized carbons (Fsp3) is 0.400. The van der Waals surface area contributed by atoms with Crippen molar-refractivity contribution < 1.29 is 38.0 Å². The molecule has 3 aromatic rings. The van der Waals surface area contributed by atoms with Crippen molar-refractivity contribution >= 4 is 11.7 Å². The van der Waals surface area contributed by atoms with Crippen LogP contribution >= 0.6 is 0 Å². The molecule has 2 heterocycles. The fourth-order valence-corrected chi connectivity index (χ4v) is 4.96. The van der Waals surface area contributed by atoms with Crippen molar-refractivity contribution in [1.29, 1.82) is 0 Å². The van der Waals surface area contributed by atoms with Crippen LogP contribution in [0.5, 0.6) is 28.7 Å². The van der Waals surface area contributed by atoms with Gasteiger partial charge in [0.25, 0.3) is 0 Å². The first-order chi connectivity index (χ1) is 19.8. The summed E-state index contributed by atoms with van der Waals surface area (Å²) in [5.41, 5.74) is 1.02. The Labute approximate surface area is 238 Å².